The summed E-state index contributed by atoms with van der Waals surface area (Å²) in [6, 6.07) is 6.28. The van der Waals surface area contributed by atoms with Crippen molar-refractivity contribution in [3.05, 3.63) is 57.3 Å². The first-order valence-corrected chi connectivity index (χ1v) is 8.85. The van der Waals surface area contributed by atoms with Crippen LogP contribution in [0.4, 0.5) is 10.1 Å². The van der Waals surface area contributed by atoms with E-state index in [-0.39, 0.29) is 25.7 Å². The number of aliphatic carboxylic acids is 1. The summed E-state index contributed by atoms with van der Waals surface area (Å²) in [5.41, 5.74) is -0.155. The van der Waals surface area contributed by atoms with Crippen molar-refractivity contribution in [3.8, 4) is 0 Å². The van der Waals surface area contributed by atoms with Gasteiger partial charge in [-0.3, -0.25) is 9.10 Å². The molecule has 2 aromatic rings. The average molecular weight is 413 g/mol. The van der Waals surface area contributed by atoms with E-state index in [1.807, 2.05) is 0 Å². The van der Waals surface area contributed by atoms with E-state index in [9.17, 15) is 17.6 Å². The molecule has 0 unspecified atom stereocenters. The molecule has 0 aliphatic carbocycles. The lowest BCUT2D eigenvalue weighted by atomic mass is 10.3. The summed E-state index contributed by atoms with van der Waals surface area (Å²) in [5.74, 6) is -2.05. The number of nitrogens with zero attached hydrogens (tertiary/aromatic N) is 1. The maximum atomic E-state index is 13.0. The quantitative estimate of drug-likeness (QED) is 0.751. The van der Waals surface area contributed by atoms with Gasteiger partial charge in [-0.05, 0) is 36.4 Å². The van der Waals surface area contributed by atoms with Crippen molar-refractivity contribution in [2.45, 2.75) is 4.90 Å². The summed E-state index contributed by atoms with van der Waals surface area (Å²) in [5, 5.41) is 9.03. The van der Waals surface area contributed by atoms with Crippen LogP contribution in [-0.2, 0) is 14.8 Å². The summed E-state index contributed by atoms with van der Waals surface area (Å²) in [7, 11) is -4.32. The van der Waals surface area contributed by atoms with Crippen molar-refractivity contribution in [2.24, 2.45) is 0 Å². The lowest BCUT2D eigenvalue weighted by Gasteiger charge is -2.24. The summed E-state index contributed by atoms with van der Waals surface area (Å²) >= 11 is 17.7. The van der Waals surface area contributed by atoms with Gasteiger partial charge >= 0.3 is 5.97 Å². The molecule has 0 heterocycles. The number of benzene rings is 2. The second-order valence-electron chi connectivity index (χ2n) is 4.58. The van der Waals surface area contributed by atoms with E-state index < -0.39 is 28.4 Å². The van der Waals surface area contributed by atoms with Crippen LogP contribution in [-0.4, -0.2) is 26.0 Å². The fourth-order valence-electron chi connectivity index (χ4n) is 1.86. The van der Waals surface area contributed by atoms with Crippen LogP contribution in [0.5, 0.6) is 0 Å². The molecule has 0 fully saturated rings. The van der Waals surface area contributed by atoms with Gasteiger partial charge in [0.2, 0.25) is 0 Å². The van der Waals surface area contributed by atoms with E-state index in [4.69, 9.17) is 39.9 Å². The maximum Gasteiger partial charge on any atom is 0.324 e. The molecule has 128 valence electrons. The van der Waals surface area contributed by atoms with Gasteiger partial charge in [0.05, 0.1) is 25.7 Å². The number of carbonyl (C=O) groups is 1. The fourth-order valence-corrected chi connectivity index (χ4v) is 3.98. The van der Waals surface area contributed by atoms with E-state index in [2.05, 4.69) is 0 Å². The molecule has 2 aromatic carbocycles. The minimum Gasteiger partial charge on any atom is -0.480 e. The second kappa shape index (κ2) is 7.14. The van der Waals surface area contributed by atoms with Crippen LogP contribution in [0.1, 0.15) is 0 Å². The molecule has 0 spiro atoms. The Morgan fingerprint density at radius 1 is 1.04 bits per heavy atom. The minimum atomic E-state index is -4.32. The van der Waals surface area contributed by atoms with Gasteiger partial charge in [0.25, 0.3) is 10.0 Å². The zero-order valence-corrected chi connectivity index (χ0v) is 14.8. The second-order valence-corrected chi connectivity index (χ2v) is 7.66. The molecule has 10 heteroatoms. The highest BCUT2D eigenvalue weighted by atomic mass is 35.5. The predicted octanol–water partition coefficient (Wildman–Crippen LogP) is 4.07. The van der Waals surface area contributed by atoms with Crippen LogP contribution in [0.15, 0.2) is 41.3 Å². The molecule has 2 rings (SSSR count). The molecule has 0 amide bonds. The summed E-state index contributed by atoms with van der Waals surface area (Å²) in [6.07, 6.45) is 0. The third kappa shape index (κ3) is 3.92. The molecular weight excluding hydrogens is 404 g/mol. The molecule has 0 bridgehead atoms. The molecule has 0 atom stereocenters. The zero-order valence-electron chi connectivity index (χ0n) is 11.7. The lowest BCUT2D eigenvalue weighted by Crippen LogP contribution is -2.36. The van der Waals surface area contributed by atoms with Crippen molar-refractivity contribution in [1.29, 1.82) is 0 Å². The number of carboxylic acid groups (broad SMARTS) is 1. The van der Waals surface area contributed by atoms with Gasteiger partial charge in [0, 0.05) is 0 Å². The molecule has 0 aromatic heterocycles. The van der Waals surface area contributed by atoms with E-state index in [1.165, 1.54) is 6.07 Å². The number of sulfonamides is 1. The van der Waals surface area contributed by atoms with Crippen LogP contribution in [0, 0.1) is 5.82 Å². The Bertz CT molecular complexity index is 888. The van der Waals surface area contributed by atoms with Gasteiger partial charge in [0.1, 0.15) is 12.4 Å². The highest BCUT2D eigenvalue weighted by Gasteiger charge is 2.29. The Hall–Kier alpha value is -1.54. The minimum absolute atomic E-state index is 0.000705. The van der Waals surface area contributed by atoms with Crippen LogP contribution in [0.25, 0.3) is 0 Å². The molecule has 24 heavy (non-hydrogen) atoms. The number of rotatable bonds is 5. The van der Waals surface area contributed by atoms with Crippen molar-refractivity contribution < 1.29 is 22.7 Å². The van der Waals surface area contributed by atoms with Gasteiger partial charge < -0.3 is 5.11 Å². The highest BCUT2D eigenvalue weighted by molar-refractivity contribution is 7.92. The number of hydrogen-bond donors (Lipinski definition) is 1. The van der Waals surface area contributed by atoms with E-state index in [0.717, 1.165) is 30.3 Å². The monoisotopic (exact) mass is 411 g/mol. The molecule has 0 radical (unpaired) electrons. The first-order chi connectivity index (χ1) is 11.1. The maximum absolute atomic E-state index is 13.0. The molecule has 0 aliphatic heterocycles. The SMILES string of the molecule is O=C(O)CN(c1cc(Cl)c(Cl)cc1Cl)S(=O)(=O)c1ccc(F)cc1. The van der Waals surface area contributed by atoms with E-state index in [0.29, 0.717) is 4.31 Å². The average Bonchev–Trinajstić information content (AvgIpc) is 2.49. The largest absolute Gasteiger partial charge is 0.480 e. The summed E-state index contributed by atoms with van der Waals surface area (Å²) in [4.78, 5) is 10.8. The summed E-state index contributed by atoms with van der Waals surface area (Å²) in [6.45, 7) is -0.905. The van der Waals surface area contributed by atoms with Crippen molar-refractivity contribution in [3.63, 3.8) is 0 Å². The van der Waals surface area contributed by atoms with Crippen LogP contribution in [0.2, 0.25) is 15.1 Å². The van der Waals surface area contributed by atoms with Crippen molar-refractivity contribution in [2.75, 3.05) is 10.8 Å². The van der Waals surface area contributed by atoms with E-state index in [1.54, 1.807) is 0 Å². The predicted molar refractivity (Wildman–Crippen MR) is 90.0 cm³/mol. The van der Waals surface area contributed by atoms with Crippen molar-refractivity contribution >= 4 is 56.5 Å². The summed E-state index contributed by atoms with van der Waals surface area (Å²) < 4.78 is 39.0. The fraction of sp³-hybridized carbons (Fsp3) is 0.0714. The van der Waals surface area contributed by atoms with Gasteiger partial charge in [-0.1, -0.05) is 34.8 Å². The Labute approximate surface area is 152 Å². The Kier molecular flexibility index (Phi) is 5.59. The third-order valence-corrected chi connectivity index (χ3v) is 5.74. The standard InChI is InChI=1S/C14H9Cl3FNO4S/c15-10-5-12(17)13(6-11(10)16)19(7-14(20)21)24(22,23)9-3-1-8(18)2-4-9/h1-6H,7H2,(H,20,21). The van der Waals surface area contributed by atoms with Crippen molar-refractivity contribution in [1.82, 2.24) is 0 Å². The van der Waals surface area contributed by atoms with E-state index >= 15 is 0 Å². The normalized spacial score (nSPS) is 11.3. The third-order valence-electron chi connectivity index (χ3n) is 2.94. The smallest absolute Gasteiger partial charge is 0.324 e. The lowest BCUT2D eigenvalue weighted by molar-refractivity contribution is -0.135. The topological polar surface area (TPSA) is 74.7 Å². The highest BCUT2D eigenvalue weighted by Crippen LogP contribution is 2.36. The molecular formula is C14H9Cl3FNO4S. The van der Waals surface area contributed by atoms with Crippen LogP contribution >= 0.6 is 34.8 Å². The first kappa shape index (κ1) is 18.8. The Morgan fingerprint density at radius 2 is 1.58 bits per heavy atom. The number of carboxylic acids is 1. The molecule has 5 nitrogen and oxygen atoms in total. The molecule has 1 N–H and O–H groups in total. The van der Waals surface area contributed by atoms with Gasteiger partial charge in [-0.2, -0.15) is 0 Å². The van der Waals surface area contributed by atoms with Gasteiger partial charge in [0.15, 0.2) is 0 Å². The van der Waals surface area contributed by atoms with Gasteiger partial charge in [-0.25, -0.2) is 12.8 Å². The molecule has 0 aliphatic rings. The molecule has 0 saturated heterocycles. The Balaban J connectivity index is 2.63. The van der Waals surface area contributed by atoms with Gasteiger partial charge in [-0.15, -0.1) is 0 Å². The number of anilines is 1. The number of halogens is 4. The van der Waals surface area contributed by atoms with Crippen LogP contribution < -0.4 is 4.31 Å². The first-order valence-electron chi connectivity index (χ1n) is 6.27. The number of hydrogen-bond acceptors (Lipinski definition) is 3. The van der Waals surface area contributed by atoms with Crippen LogP contribution in [0.3, 0.4) is 0 Å². The zero-order chi connectivity index (χ0) is 18.1. The Morgan fingerprint density at radius 3 is 2.12 bits per heavy atom. The molecule has 0 saturated carbocycles.